The molecule has 3 heteroatoms. The van der Waals surface area contributed by atoms with E-state index in [2.05, 4.69) is 0 Å². The summed E-state index contributed by atoms with van der Waals surface area (Å²) in [5, 5.41) is 0. The number of halogens is 3. The maximum absolute atomic E-state index is 12.0. The van der Waals surface area contributed by atoms with Crippen molar-refractivity contribution in [2.45, 2.75) is 45.7 Å². The van der Waals surface area contributed by atoms with E-state index in [1.807, 2.05) is 13.8 Å². The van der Waals surface area contributed by atoms with E-state index in [-0.39, 0.29) is 11.3 Å². The van der Waals surface area contributed by atoms with Gasteiger partial charge < -0.3 is 0 Å². The quantitative estimate of drug-likeness (QED) is 0.620. The number of rotatable bonds is 3. The lowest BCUT2D eigenvalue weighted by Crippen LogP contribution is -2.11. The Morgan fingerprint density at radius 3 is 2.00 bits per heavy atom. The lowest BCUT2D eigenvalue weighted by molar-refractivity contribution is -0.140. The minimum absolute atomic E-state index is 0.0372. The van der Waals surface area contributed by atoms with Crippen molar-refractivity contribution in [3.63, 3.8) is 0 Å². The fourth-order valence-corrected chi connectivity index (χ4v) is 2.12. The summed E-state index contributed by atoms with van der Waals surface area (Å²) in [6.45, 7) is 3.97. The molecule has 1 saturated carbocycles. The molecule has 0 saturated heterocycles. The van der Waals surface area contributed by atoms with E-state index in [4.69, 9.17) is 0 Å². The maximum atomic E-state index is 12.0. The molecule has 1 aliphatic rings. The molecule has 1 unspecified atom stereocenters. The predicted molar refractivity (Wildman–Crippen MR) is 41.8 cm³/mol. The van der Waals surface area contributed by atoms with Gasteiger partial charge in [0.05, 0.1) is 0 Å². The zero-order valence-corrected chi connectivity index (χ0v) is 7.54. The summed E-state index contributed by atoms with van der Waals surface area (Å²) in [6.07, 6.45) is -1.97. The fourth-order valence-electron chi connectivity index (χ4n) is 2.12. The van der Waals surface area contributed by atoms with Crippen molar-refractivity contribution < 1.29 is 13.2 Å². The summed E-state index contributed by atoms with van der Waals surface area (Å²) in [4.78, 5) is 0. The number of hydrogen-bond donors (Lipinski definition) is 0. The Kier molecular flexibility index (Phi) is 2.41. The van der Waals surface area contributed by atoms with Crippen LogP contribution in [0.15, 0.2) is 0 Å². The Bertz CT molecular complexity index is 156. The molecule has 12 heavy (non-hydrogen) atoms. The van der Waals surface area contributed by atoms with Crippen molar-refractivity contribution >= 4 is 0 Å². The second-order valence-electron chi connectivity index (χ2n) is 3.79. The van der Waals surface area contributed by atoms with Crippen LogP contribution in [-0.2, 0) is 0 Å². The van der Waals surface area contributed by atoms with Crippen LogP contribution in [0.1, 0.15) is 39.5 Å². The highest BCUT2D eigenvalue weighted by molar-refractivity contribution is 5.00. The maximum Gasteiger partial charge on any atom is 0.389 e. The molecule has 72 valence electrons. The molecule has 0 nitrogen and oxygen atoms in total. The van der Waals surface area contributed by atoms with E-state index in [0.29, 0.717) is 0 Å². The molecule has 0 aliphatic heterocycles. The topological polar surface area (TPSA) is 0 Å². The highest BCUT2D eigenvalue weighted by atomic mass is 19.4. The minimum Gasteiger partial charge on any atom is -0.171 e. The summed E-state index contributed by atoms with van der Waals surface area (Å²) >= 11 is 0. The predicted octanol–water partition coefficient (Wildman–Crippen LogP) is 3.77. The van der Waals surface area contributed by atoms with Crippen LogP contribution in [0.5, 0.6) is 0 Å². The first-order valence-corrected chi connectivity index (χ1v) is 4.50. The van der Waals surface area contributed by atoms with Crippen molar-refractivity contribution in [2.75, 3.05) is 0 Å². The third-order valence-electron chi connectivity index (χ3n) is 3.24. The third kappa shape index (κ3) is 1.93. The van der Waals surface area contributed by atoms with Gasteiger partial charge in [0.15, 0.2) is 0 Å². The van der Waals surface area contributed by atoms with Crippen LogP contribution in [-0.4, -0.2) is 6.18 Å². The van der Waals surface area contributed by atoms with Crippen LogP contribution in [0, 0.1) is 11.3 Å². The zero-order chi connectivity index (χ0) is 9.41. The lowest BCUT2D eigenvalue weighted by Gasteiger charge is -2.12. The molecule has 1 rings (SSSR count). The molecular weight excluding hydrogens is 165 g/mol. The lowest BCUT2D eigenvalue weighted by atomic mass is 9.96. The van der Waals surface area contributed by atoms with Crippen LogP contribution in [0.2, 0.25) is 0 Å². The van der Waals surface area contributed by atoms with Gasteiger partial charge >= 0.3 is 6.18 Å². The summed E-state index contributed by atoms with van der Waals surface area (Å²) in [5.74, 6) is -0.0903. The highest BCUT2D eigenvalue weighted by Gasteiger charge is 2.54. The van der Waals surface area contributed by atoms with Crippen molar-refractivity contribution in [1.29, 1.82) is 0 Å². The van der Waals surface area contributed by atoms with E-state index < -0.39 is 12.6 Å². The average Bonchev–Trinajstić information content (AvgIpc) is 2.60. The Morgan fingerprint density at radius 2 is 1.75 bits per heavy atom. The summed E-state index contributed by atoms with van der Waals surface area (Å²) in [7, 11) is 0. The monoisotopic (exact) mass is 180 g/mol. The molecule has 1 fully saturated rings. The van der Waals surface area contributed by atoms with Gasteiger partial charge in [-0.25, -0.2) is 0 Å². The Labute approximate surface area is 71.1 Å². The second-order valence-corrected chi connectivity index (χ2v) is 3.79. The molecule has 0 aromatic heterocycles. The second kappa shape index (κ2) is 2.93. The standard InChI is InChI=1S/C9H15F3/c1-3-8(4-2)5-7(8)6-9(10,11)12/h7H,3-6H2,1-2H3. The number of alkyl halides is 3. The van der Waals surface area contributed by atoms with Crippen LogP contribution >= 0.6 is 0 Å². The van der Waals surface area contributed by atoms with Gasteiger partial charge in [-0.15, -0.1) is 0 Å². The van der Waals surface area contributed by atoms with Gasteiger partial charge in [0.1, 0.15) is 0 Å². The average molecular weight is 180 g/mol. The van der Waals surface area contributed by atoms with E-state index in [0.717, 1.165) is 19.3 Å². The van der Waals surface area contributed by atoms with Gasteiger partial charge in [-0.05, 0) is 17.8 Å². The first-order chi connectivity index (χ1) is 5.43. The molecule has 1 aliphatic carbocycles. The van der Waals surface area contributed by atoms with Crippen LogP contribution in [0.25, 0.3) is 0 Å². The van der Waals surface area contributed by atoms with Crippen molar-refractivity contribution in [3.8, 4) is 0 Å². The first kappa shape index (κ1) is 9.87. The molecule has 1 atom stereocenters. The van der Waals surface area contributed by atoms with Gasteiger partial charge in [-0.1, -0.05) is 26.7 Å². The largest absolute Gasteiger partial charge is 0.389 e. The third-order valence-corrected chi connectivity index (χ3v) is 3.24. The molecule has 0 aromatic carbocycles. The molecule has 0 aromatic rings. The van der Waals surface area contributed by atoms with Crippen LogP contribution in [0.4, 0.5) is 13.2 Å². The van der Waals surface area contributed by atoms with Crippen LogP contribution < -0.4 is 0 Å². The molecule has 0 heterocycles. The Balaban J connectivity index is 2.41. The summed E-state index contributed by atoms with van der Waals surface area (Å²) < 4.78 is 35.9. The SMILES string of the molecule is CCC1(CC)CC1CC(F)(F)F. The van der Waals surface area contributed by atoms with E-state index >= 15 is 0 Å². The van der Waals surface area contributed by atoms with Crippen molar-refractivity contribution in [1.82, 2.24) is 0 Å². The Morgan fingerprint density at radius 1 is 1.25 bits per heavy atom. The molecule has 0 radical (unpaired) electrons. The van der Waals surface area contributed by atoms with Gasteiger partial charge in [0.25, 0.3) is 0 Å². The van der Waals surface area contributed by atoms with E-state index in [1.165, 1.54) is 0 Å². The smallest absolute Gasteiger partial charge is 0.171 e. The normalized spacial score (nSPS) is 27.2. The van der Waals surface area contributed by atoms with Crippen LogP contribution in [0.3, 0.4) is 0 Å². The molecular formula is C9H15F3. The van der Waals surface area contributed by atoms with Gasteiger partial charge in [-0.2, -0.15) is 13.2 Å². The van der Waals surface area contributed by atoms with Crippen molar-refractivity contribution in [2.24, 2.45) is 11.3 Å². The first-order valence-electron chi connectivity index (χ1n) is 4.50. The molecule has 0 amide bonds. The van der Waals surface area contributed by atoms with Crippen molar-refractivity contribution in [3.05, 3.63) is 0 Å². The molecule has 0 spiro atoms. The molecule has 0 N–H and O–H groups in total. The van der Waals surface area contributed by atoms with E-state index in [9.17, 15) is 13.2 Å². The number of hydrogen-bond acceptors (Lipinski definition) is 0. The van der Waals surface area contributed by atoms with Gasteiger partial charge in [0.2, 0.25) is 0 Å². The van der Waals surface area contributed by atoms with E-state index in [1.54, 1.807) is 0 Å². The summed E-state index contributed by atoms with van der Waals surface area (Å²) in [6, 6.07) is 0. The molecule has 0 bridgehead atoms. The Hall–Kier alpha value is -0.210. The van der Waals surface area contributed by atoms with Gasteiger partial charge in [-0.3, -0.25) is 0 Å². The highest BCUT2D eigenvalue weighted by Crippen LogP contribution is 2.61. The summed E-state index contributed by atoms with van der Waals surface area (Å²) in [5.41, 5.74) is 0.0372. The zero-order valence-electron chi connectivity index (χ0n) is 7.54. The fraction of sp³-hybridized carbons (Fsp3) is 1.00. The van der Waals surface area contributed by atoms with Gasteiger partial charge in [0, 0.05) is 6.42 Å². The minimum atomic E-state index is -3.96.